The Kier molecular flexibility index (Phi) is 10.7. The highest BCUT2D eigenvalue weighted by atomic mass is 32.2. The van der Waals surface area contributed by atoms with Crippen molar-refractivity contribution in [3.63, 3.8) is 0 Å². The summed E-state index contributed by atoms with van der Waals surface area (Å²) in [6.45, 7) is 4.32. The van der Waals surface area contributed by atoms with E-state index in [1.807, 2.05) is 30.5 Å². The molecule has 0 saturated carbocycles. The van der Waals surface area contributed by atoms with Crippen molar-refractivity contribution in [3.05, 3.63) is 71.8 Å². The van der Waals surface area contributed by atoms with E-state index in [1.165, 1.54) is 17.3 Å². The molecule has 3 atom stereocenters. The van der Waals surface area contributed by atoms with E-state index in [1.54, 1.807) is 6.92 Å². The third-order valence-electron chi connectivity index (χ3n) is 4.80. The monoisotopic (exact) mass is 445 g/mol. The Morgan fingerprint density at radius 3 is 2.13 bits per heavy atom. The van der Waals surface area contributed by atoms with Gasteiger partial charge >= 0.3 is 6.09 Å². The van der Waals surface area contributed by atoms with E-state index in [9.17, 15) is 4.79 Å². The number of carbonyl (C=O) groups is 1. The maximum atomic E-state index is 12.3. The van der Waals surface area contributed by atoms with Crippen molar-refractivity contribution in [2.75, 3.05) is 12.9 Å². The van der Waals surface area contributed by atoms with E-state index in [-0.39, 0.29) is 12.1 Å². The second-order valence-corrected chi connectivity index (χ2v) is 8.71. The van der Waals surface area contributed by atoms with Gasteiger partial charge in [-0.15, -0.1) is 0 Å². The molecule has 0 spiro atoms. The fourth-order valence-electron chi connectivity index (χ4n) is 3.43. The molecular weight excluding hydrogens is 414 g/mol. The Hall–Kier alpha value is -2.05. The van der Waals surface area contributed by atoms with Gasteiger partial charge in [0.25, 0.3) is 0 Å². The highest BCUT2D eigenvalue weighted by molar-refractivity contribution is 8.22. The molecule has 162 valence electrons. The number of hydrogen-bond donors (Lipinski definition) is 1. The fraction of sp³-hybridized carbons (Fsp3) is 0.417. The zero-order valence-electron chi connectivity index (χ0n) is 17.9. The fourth-order valence-corrected chi connectivity index (χ4v) is 3.77. The SMILES string of the molecule is CCOC(=O)N[C@@H](Cc1ccccc1)C(C[C@@H](C)Cc1ccccc1)OC(=S)SC. The minimum Gasteiger partial charge on any atom is -0.473 e. The van der Waals surface area contributed by atoms with E-state index in [0.717, 1.165) is 18.4 Å². The van der Waals surface area contributed by atoms with Gasteiger partial charge in [0.1, 0.15) is 6.10 Å². The topological polar surface area (TPSA) is 47.6 Å². The molecule has 2 aromatic carbocycles. The van der Waals surface area contributed by atoms with Gasteiger partial charge in [-0.1, -0.05) is 79.3 Å². The van der Waals surface area contributed by atoms with Gasteiger partial charge in [0.2, 0.25) is 4.38 Å². The standard InChI is InChI=1S/C24H31NO3S2/c1-4-27-23(26)25-21(17-20-13-9-6-10-14-20)22(28-24(29)30-3)16-18(2)15-19-11-7-5-8-12-19/h5-14,18,21-22H,4,15-17H2,1-3H3,(H,25,26)/t18-,21-,22?/m0/s1. The minimum atomic E-state index is -0.433. The van der Waals surface area contributed by atoms with Gasteiger partial charge in [0.05, 0.1) is 12.6 Å². The lowest BCUT2D eigenvalue weighted by Gasteiger charge is -2.30. The number of ether oxygens (including phenoxy) is 2. The van der Waals surface area contributed by atoms with Crippen molar-refractivity contribution in [1.82, 2.24) is 5.32 Å². The molecule has 0 radical (unpaired) electrons. The lowest BCUT2D eigenvalue weighted by Crippen LogP contribution is -2.47. The number of nitrogens with one attached hydrogen (secondary N) is 1. The number of carbonyl (C=O) groups excluding carboxylic acids is 1. The van der Waals surface area contributed by atoms with E-state index in [0.29, 0.717) is 23.3 Å². The molecule has 0 heterocycles. The zero-order valence-corrected chi connectivity index (χ0v) is 19.5. The second-order valence-electron chi connectivity index (χ2n) is 7.30. The first-order valence-electron chi connectivity index (χ1n) is 10.3. The van der Waals surface area contributed by atoms with Crippen LogP contribution < -0.4 is 5.32 Å². The molecular formula is C24H31NO3S2. The maximum Gasteiger partial charge on any atom is 0.407 e. The third-order valence-corrected chi connectivity index (χ3v) is 5.83. The zero-order chi connectivity index (χ0) is 21.8. The lowest BCUT2D eigenvalue weighted by atomic mass is 9.90. The number of benzene rings is 2. The number of amides is 1. The first kappa shape index (κ1) is 24.2. The van der Waals surface area contributed by atoms with Crippen LogP contribution in [0.15, 0.2) is 60.7 Å². The highest BCUT2D eigenvalue weighted by Gasteiger charge is 2.28. The molecule has 0 saturated heterocycles. The van der Waals surface area contributed by atoms with Gasteiger partial charge in [-0.2, -0.15) is 0 Å². The average molecular weight is 446 g/mol. The van der Waals surface area contributed by atoms with Crippen LogP contribution in [-0.4, -0.2) is 35.5 Å². The number of hydrogen-bond acceptors (Lipinski definition) is 5. The third kappa shape index (κ3) is 8.76. The summed E-state index contributed by atoms with van der Waals surface area (Å²) in [5.41, 5.74) is 2.41. The molecule has 4 nitrogen and oxygen atoms in total. The minimum absolute atomic E-state index is 0.255. The number of thioether (sulfide) groups is 1. The van der Waals surface area contributed by atoms with Crippen molar-refractivity contribution in [2.45, 2.75) is 45.3 Å². The Bertz CT molecular complexity index is 771. The Morgan fingerprint density at radius 1 is 1.03 bits per heavy atom. The summed E-state index contributed by atoms with van der Waals surface area (Å²) in [7, 11) is 0. The van der Waals surface area contributed by atoms with Gasteiger partial charge in [0.15, 0.2) is 0 Å². The van der Waals surface area contributed by atoms with Crippen molar-refractivity contribution in [3.8, 4) is 0 Å². The smallest absolute Gasteiger partial charge is 0.407 e. The highest BCUT2D eigenvalue weighted by Crippen LogP contribution is 2.22. The van der Waals surface area contributed by atoms with E-state index in [4.69, 9.17) is 21.7 Å². The number of rotatable bonds is 10. The largest absolute Gasteiger partial charge is 0.473 e. The van der Waals surface area contributed by atoms with Crippen LogP contribution in [0.1, 0.15) is 31.4 Å². The summed E-state index contributed by atoms with van der Waals surface area (Å²) in [6.07, 6.45) is 3.55. The summed E-state index contributed by atoms with van der Waals surface area (Å²) in [5, 5.41) is 3.01. The molecule has 0 aliphatic rings. The molecule has 6 heteroatoms. The number of alkyl carbamates (subject to hydrolysis) is 1. The van der Waals surface area contributed by atoms with Crippen molar-refractivity contribution < 1.29 is 14.3 Å². The van der Waals surface area contributed by atoms with E-state index in [2.05, 4.69) is 48.6 Å². The molecule has 1 unspecified atom stereocenters. The predicted octanol–water partition coefficient (Wildman–Crippen LogP) is 5.65. The molecule has 1 amide bonds. The molecule has 0 aromatic heterocycles. The van der Waals surface area contributed by atoms with Crippen LogP contribution in [0.2, 0.25) is 0 Å². The summed E-state index contributed by atoms with van der Waals surface area (Å²) >= 11 is 6.76. The molecule has 0 aliphatic carbocycles. The molecule has 0 bridgehead atoms. The van der Waals surface area contributed by atoms with Crippen LogP contribution in [0, 0.1) is 5.92 Å². The van der Waals surface area contributed by atoms with Gasteiger partial charge in [-0.25, -0.2) is 4.79 Å². The molecule has 2 aromatic rings. The Balaban J connectivity index is 2.19. The quantitative estimate of drug-likeness (QED) is 0.479. The lowest BCUT2D eigenvalue weighted by molar-refractivity contribution is 0.105. The molecule has 0 aliphatic heterocycles. The predicted molar refractivity (Wildman–Crippen MR) is 129 cm³/mol. The van der Waals surface area contributed by atoms with E-state index >= 15 is 0 Å². The summed E-state index contributed by atoms with van der Waals surface area (Å²) in [6, 6.07) is 20.2. The first-order chi connectivity index (χ1) is 14.5. The van der Waals surface area contributed by atoms with Gasteiger partial charge in [0, 0.05) is 0 Å². The second kappa shape index (κ2) is 13.3. The Labute approximate surface area is 189 Å². The molecule has 2 rings (SSSR count). The number of thiocarbonyl (C=S) groups is 1. The van der Waals surface area contributed by atoms with Crippen molar-refractivity contribution >= 4 is 34.5 Å². The summed E-state index contributed by atoms with van der Waals surface area (Å²) in [4.78, 5) is 12.3. The van der Waals surface area contributed by atoms with Crippen LogP contribution >= 0.6 is 24.0 Å². The maximum absolute atomic E-state index is 12.3. The van der Waals surface area contributed by atoms with Gasteiger partial charge < -0.3 is 14.8 Å². The van der Waals surface area contributed by atoms with Crippen molar-refractivity contribution in [1.29, 1.82) is 0 Å². The normalized spacial score (nSPS) is 13.7. The van der Waals surface area contributed by atoms with Crippen LogP contribution in [0.3, 0.4) is 0 Å². The van der Waals surface area contributed by atoms with Crippen LogP contribution in [0.5, 0.6) is 0 Å². The first-order valence-corrected chi connectivity index (χ1v) is 11.9. The van der Waals surface area contributed by atoms with Crippen molar-refractivity contribution in [2.24, 2.45) is 5.92 Å². The average Bonchev–Trinajstić information content (AvgIpc) is 2.74. The molecule has 30 heavy (non-hydrogen) atoms. The van der Waals surface area contributed by atoms with Crippen LogP contribution in [0.25, 0.3) is 0 Å². The van der Waals surface area contributed by atoms with Gasteiger partial charge in [-0.3, -0.25) is 0 Å². The van der Waals surface area contributed by atoms with Gasteiger partial charge in [-0.05, 0) is 61.7 Å². The van der Waals surface area contributed by atoms with E-state index < -0.39 is 6.09 Å². The molecule has 0 fully saturated rings. The summed E-state index contributed by atoms with van der Waals surface area (Å²) in [5.74, 6) is 0.351. The summed E-state index contributed by atoms with van der Waals surface area (Å²) < 4.78 is 11.8. The Morgan fingerprint density at radius 2 is 1.60 bits per heavy atom. The van der Waals surface area contributed by atoms with Crippen LogP contribution in [0.4, 0.5) is 4.79 Å². The van der Waals surface area contributed by atoms with Crippen LogP contribution in [-0.2, 0) is 22.3 Å². The molecule has 1 N–H and O–H groups in total.